The number of benzene rings is 1. The predicted molar refractivity (Wildman–Crippen MR) is 53.3 cm³/mol. The van der Waals surface area contributed by atoms with Crippen molar-refractivity contribution in [2.24, 2.45) is 0 Å². The van der Waals surface area contributed by atoms with E-state index < -0.39 is 0 Å². The molecule has 3 N–H and O–H groups in total. The van der Waals surface area contributed by atoms with E-state index in [0.29, 0.717) is 6.61 Å². The summed E-state index contributed by atoms with van der Waals surface area (Å²) in [5.41, 5.74) is 1.37. The zero-order chi connectivity index (χ0) is 9.36. The van der Waals surface area contributed by atoms with Crippen LogP contribution in [0.1, 0.15) is 18.4 Å². The molecule has 0 aliphatic carbocycles. The Morgan fingerprint density at radius 3 is 2.54 bits per heavy atom. The molecule has 72 valence electrons. The average Bonchev–Trinajstić information content (AvgIpc) is 2.19. The van der Waals surface area contributed by atoms with Crippen molar-refractivity contribution in [3.63, 3.8) is 0 Å². The number of rotatable bonds is 6. The Labute approximate surface area is 79.6 Å². The molecule has 0 aliphatic rings. The average molecular weight is 180 g/mol. The lowest BCUT2D eigenvalue weighted by Gasteiger charge is -2.00. The fourth-order valence-electron chi connectivity index (χ4n) is 1.28. The fraction of sp³-hybridized carbons (Fsp3) is 0.455. The number of aliphatic hydroxyl groups excluding tert-OH is 1. The predicted octanol–water partition coefficient (Wildman–Crippen LogP) is 0.522. The van der Waals surface area contributed by atoms with Gasteiger partial charge in [0.05, 0.1) is 6.54 Å². The van der Waals surface area contributed by atoms with E-state index in [9.17, 15) is 0 Å². The molecule has 0 unspecified atom stereocenters. The summed E-state index contributed by atoms with van der Waals surface area (Å²) in [6.07, 6.45) is 2.02. The molecule has 0 fully saturated rings. The second-order valence-electron chi connectivity index (χ2n) is 3.20. The van der Waals surface area contributed by atoms with Gasteiger partial charge in [-0.1, -0.05) is 30.3 Å². The van der Waals surface area contributed by atoms with Crippen LogP contribution in [0.3, 0.4) is 0 Å². The molecule has 1 aromatic rings. The molecular weight excluding hydrogens is 162 g/mol. The Morgan fingerprint density at radius 2 is 1.85 bits per heavy atom. The molecule has 0 atom stereocenters. The Kier molecular flexibility index (Phi) is 5.22. The van der Waals surface area contributed by atoms with E-state index in [1.165, 1.54) is 5.56 Å². The molecular formula is C11H18NO+. The van der Waals surface area contributed by atoms with Gasteiger partial charge in [-0.05, 0) is 12.8 Å². The van der Waals surface area contributed by atoms with Crippen LogP contribution in [0.25, 0.3) is 0 Å². The summed E-state index contributed by atoms with van der Waals surface area (Å²) in [4.78, 5) is 0. The van der Waals surface area contributed by atoms with Crippen molar-refractivity contribution < 1.29 is 10.4 Å². The third-order valence-electron chi connectivity index (χ3n) is 2.04. The highest BCUT2D eigenvalue weighted by atomic mass is 16.2. The number of hydrogen-bond donors (Lipinski definition) is 2. The van der Waals surface area contributed by atoms with Crippen LogP contribution in [0.2, 0.25) is 0 Å². The maximum Gasteiger partial charge on any atom is 0.101 e. The molecule has 0 spiro atoms. The summed E-state index contributed by atoms with van der Waals surface area (Å²) in [5.74, 6) is 0. The molecule has 0 amide bonds. The van der Waals surface area contributed by atoms with Crippen LogP contribution in [0.4, 0.5) is 0 Å². The topological polar surface area (TPSA) is 36.8 Å². The van der Waals surface area contributed by atoms with Crippen LogP contribution >= 0.6 is 0 Å². The van der Waals surface area contributed by atoms with Crippen molar-refractivity contribution in [1.82, 2.24) is 0 Å². The zero-order valence-electron chi connectivity index (χ0n) is 7.95. The number of nitrogens with two attached hydrogens (primary N) is 1. The summed E-state index contributed by atoms with van der Waals surface area (Å²) >= 11 is 0. The van der Waals surface area contributed by atoms with Crippen LogP contribution < -0.4 is 5.32 Å². The molecule has 2 heteroatoms. The van der Waals surface area contributed by atoms with E-state index in [4.69, 9.17) is 5.11 Å². The van der Waals surface area contributed by atoms with E-state index in [1.807, 2.05) is 6.07 Å². The fourth-order valence-corrected chi connectivity index (χ4v) is 1.28. The van der Waals surface area contributed by atoms with E-state index in [-0.39, 0.29) is 0 Å². The first-order valence-electron chi connectivity index (χ1n) is 4.90. The Balaban J connectivity index is 2.07. The minimum atomic E-state index is 0.319. The normalized spacial score (nSPS) is 10.2. The van der Waals surface area contributed by atoms with Crippen molar-refractivity contribution in [2.45, 2.75) is 19.4 Å². The van der Waals surface area contributed by atoms with Crippen LogP contribution in [0.15, 0.2) is 30.3 Å². The maximum atomic E-state index is 8.57. The Morgan fingerprint density at radius 1 is 1.08 bits per heavy atom. The number of quaternary nitrogens is 1. The lowest BCUT2D eigenvalue weighted by molar-refractivity contribution is -0.671. The summed E-state index contributed by atoms with van der Waals surface area (Å²) in [6, 6.07) is 10.5. The zero-order valence-corrected chi connectivity index (χ0v) is 7.95. The minimum Gasteiger partial charge on any atom is -0.396 e. The molecule has 0 saturated heterocycles. The van der Waals surface area contributed by atoms with Gasteiger partial charge in [-0.2, -0.15) is 0 Å². The van der Waals surface area contributed by atoms with Crippen LogP contribution in [0.5, 0.6) is 0 Å². The molecule has 0 aromatic heterocycles. The van der Waals surface area contributed by atoms with Crippen LogP contribution in [-0.2, 0) is 6.54 Å². The van der Waals surface area contributed by atoms with Gasteiger partial charge >= 0.3 is 0 Å². The third-order valence-corrected chi connectivity index (χ3v) is 2.04. The van der Waals surface area contributed by atoms with Crippen LogP contribution in [-0.4, -0.2) is 18.3 Å². The van der Waals surface area contributed by atoms with Gasteiger partial charge in [-0.15, -0.1) is 0 Å². The van der Waals surface area contributed by atoms with Gasteiger partial charge in [-0.3, -0.25) is 0 Å². The molecule has 0 bridgehead atoms. The maximum absolute atomic E-state index is 8.57. The molecule has 0 heterocycles. The summed E-state index contributed by atoms with van der Waals surface area (Å²) < 4.78 is 0. The second kappa shape index (κ2) is 6.63. The molecule has 0 aliphatic heterocycles. The minimum absolute atomic E-state index is 0.319. The smallest absolute Gasteiger partial charge is 0.101 e. The molecule has 2 nitrogen and oxygen atoms in total. The first kappa shape index (κ1) is 10.2. The van der Waals surface area contributed by atoms with Gasteiger partial charge in [-0.25, -0.2) is 0 Å². The molecule has 13 heavy (non-hydrogen) atoms. The van der Waals surface area contributed by atoms with Gasteiger partial charge < -0.3 is 10.4 Å². The van der Waals surface area contributed by atoms with Gasteiger partial charge in [0.25, 0.3) is 0 Å². The molecule has 0 saturated carbocycles. The van der Waals surface area contributed by atoms with E-state index in [0.717, 1.165) is 25.9 Å². The standard InChI is InChI=1S/C11H17NO/c13-9-5-4-8-12-10-11-6-2-1-3-7-11/h1-3,6-7,12-13H,4-5,8-10H2/p+1. The lowest BCUT2D eigenvalue weighted by atomic mass is 10.2. The van der Waals surface area contributed by atoms with Gasteiger partial charge in [0.15, 0.2) is 0 Å². The number of aliphatic hydroxyl groups is 1. The second-order valence-corrected chi connectivity index (χ2v) is 3.20. The first-order valence-corrected chi connectivity index (χ1v) is 4.90. The van der Waals surface area contributed by atoms with E-state index >= 15 is 0 Å². The first-order chi connectivity index (χ1) is 6.43. The summed E-state index contributed by atoms with van der Waals surface area (Å²) in [5, 5.41) is 10.9. The van der Waals surface area contributed by atoms with Crippen molar-refractivity contribution in [3.8, 4) is 0 Å². The van der Waals surface area contributed by atoms with E-state index in [2.05, 4.69) is 29.6 Å². The van der Waals surface area contributed by atoms with E-state index in [1.54, 1.807) is 0 Å². The van der Waals surface area contributed by atoms with Crippen molar-refractivity contribution in [2.75, 3.05) is 13.2 Å². The third kappa shape index (κ3) is 4.65. The van der Waals surface area contributed by atoms with Gasteiger partial charge in [0.1, 0.15) is 6.54 Å². The quantitative estimate of drug-likeness (QED) is 0.615. The highest BCUT2D eigenvalue weighted by Gasteiger charge is 1.93. The number of unbranched alkanes of at least 4 members (excludes halogenated alkanes) is 1. The lowest BCUT2D eigenvalue weighted by Crippen LogP contribution is -2.82. The number of hydrogen-bond acceptors (Lipinski definition) is 1. The molecule has 0 radical (unpaired) electrons. The van der Waals surface area contributed by atoms with Gasteiger partial charge in [0, 0.05) is 12.2 Å². The largest absolute Gasteiger partial charge is 0.396 e. The Bertz CT molecular complexity index is 211. The molecule has 1 aromatic carbocycles. The summed E-state index contributed by atoms with van der Waals surface area (Å²) in [6.45, 7) is 2.47. The summed E-state index contributed by atoms with van der Waals surface area (Å²) in [7, 11) is 0. The van der Waals surface area contributed by atoms with Crippen molar-refractivity contribution in [1.29, 1.82) is 0 Å². The SMILES string of the molecule is OCCCC[NH2+]Cc1ccccc1. The van der Waals surface area contributed by atoms with Crippen molar-refractivity contribution in [3.05, 3.63) is 35.9 Å². The highest BCUT2D eigenvalue weighted by Crippen LogP contribution is 1.94. The molecule has 1 rings (SSSR count). The van der Waals surface area contributed by atoms with Gasteiger partial charge in [0.2, 0.25) is 0 Å². The highest BCUT2D eigenvalue weighted by molar-refractivity contribution is 5.12. The van der Waals surface area contributed by atoms with Crippen LogP contribution in [0, 0.1) is 0 Å². The Hall–Kier alpha value is -0.860. The monoisotopic (exact) mass is 180 g/mol. The van der Waals surface area contributed by atoms with Crippen molar-refractivity contribution >= 4 is 0 Å².